The van der Waals surface area contributed by atoms with E-state index in [0.29, 0.717) is 6.54 Å². The molecule has 0 heterocycles. The van der Waals surface area contributed by atoms with Crippen molar-refractivity contribution in [2.24, 2.45) is 0 Å². The minimum absolute atomic E-state index is 0.686. The van der Waals surface area contributed by atoms with Crippen molar-refractivity contribution in [1.82, 2.24) is 0 Å². The zero-order valence-electron chi connectivity index (χ0n) is 7.81. The second-order valence-electron chi connectivity index (χ2n) is 2.72. The lowest BCUT2D eigenvalue weighted by atomic mass is 10.3. The molecule has 2 nitrogen and oxygen atoms in total. The van der Waals surface area contributed by atoms with Crippen molar-refractivity contribution in [3.63, 3.8) is 0 Å². The molecule has 0 bridgehead atoms. The van der Waals surface area contributed by atoms with Crippen LogP contribution in [-0.2, 0) is 0 Å². The van der Waals surface area contributed by atoms with Crippen LogP contribution >= 0.6 is 31.9 Å². The number of nitrogens with one attached hydrogen (secondary N) is 1. The van der Waals surface area contributed by atoms with E-state index in [1.807, 2.05) is 18.2 Å². The van der Waals surface area contributed by atoms with Crippen LogP contribution in [0.2, 0.25) is 0 Å². The smallest absolute Gasteiger partial charge is 0.121 e. The second-order valence-corrected chi connectivity index (χ2v) is 4.69. The van der Waals surface area contributed by atoms with Gasteiger partial charge >= 0.3 is 0 Å². The molecule has 0 saturated carbocycles. The van der Waals surface area contributed by atoms with Gasteiger partial charge in [-0.2, -0.15) is 0 Å². The Hall–Kier alpha value is -0.480. The molecule has 0 aliphatic rings. The van der Waals surface area contributed by atoms with Gasteiger partial charge in [0.2, 0.25) is 0 Å². The van der Waals surface area contributed by atoms with E-state index in [9.17, 15) is 0 Å². The zero-order valence-corrected chi connectivity index (χ0v) is 11.0. The van der Waals surface area contributed by atoms with Gasteiger partial charge in [-0.1, -0.05) is 22.5 Å². The zero-order chi connectivity index (χ0) is 10.6. The van der Waals surface area contributed by atoms with E-state index in [1.165, 1.54) is 0 Å². The van der Waals surface area contributed by atoms with Crippen molar-refractivity contribution < 1.29 is 4.74 Å². The third-order valence-corrected chi connectivity index (χ3v) is 2.62. The fourth-order valence-corrected chi connectivity index (χ4v) is 1.48. The van der Waals surface area contributed by atoms with Crippen molar-refractivity contribution in [2.45, 2.75) is 0 Å². The maximum atomic E-state index is 5.12. The van der Waals surface area contributed by atoms with Gasteiger partial charge in [-0.3, -0.25) is 0 Å². The Morgan fingerprint density at radius 1 is 1.57 bits per heavy atom. The summed E-state index contributed by atoms with van der Waals surface area (Å²) in [5.41, 5.74) is 0.991. The van der Waals surface area contributed by atoms with Crippen molar-refractivity contribution in [1.29, 1.82) is 0 Å². The van der Waals surface area contributed by atoms with E-state index in [-0.39, 0.29) is 0 Å². The first kappa shape index (κ1) is 11.6. The van der Waals surface area contributed by atoms with Gasteiger partial charge in [0, 0.05) is 21.6 Å². The van der Waals surface area contributed by atoms with Gasteiger partial charge in [0.1, 0.15) is 5.75 Å². The molecule has 0 aromatic heterocycles. The Balaban J connectivity index is 2.78. The summed E-state index contributed by atoms with van der Waals surface area (Å²) in [6.45, 7) is 4.44. The molecule has 0 amide bonds. The lowest BCUT2D eigenvalue weighted by Gasteiger charge is -2.09. The minimum Gasteiger partial charge on any atom is -0.497 e. The molecular weight excluding hydrogens is 310 g/mol. The highest BCUT2D eigenvalue weighted by molar-refractivity contribution is 9.11. The molecule has 1 aromatic carbocycles. The van der Waals surface area contributed by atoms with Crippen molar-refractivity contribution in [3.8, 4) is 5.75 Å². The number of halogens is 2. The number of hydrogen-bond donors (Lipinski definition) is 1. The van der Waals surface area contributed by atoms with E-state index >= 15 is 0 Å². The number of benzene rings is 1. The summed E-state index contributed by atoms with van der Waals surface area (Å²) in [6, 6.07) is 5.77. The van der Waals surface area contributed by atoms with Crippen LogP contribution in [0.4, 0.5) is 5.69 Å². The summed E-state index contributed by atoms with van der Waals surface area (Å²) in [7, 11) is 1.65. The third kappa shape index (κ3) is 3.35. The van der Waals surface area contributed by atoms with Crippen LogP contribution in [0.3, 0.4) is 0 Å². The molecule has 0 spiro atoms. The first-order valence-electron chi connectivity index (χ1n) is 4.04. The summed E-state index contributed by atoms with van der Waals surface area (Å²) in [5, 5.41) is 3.21. The molecular formula is C10H11Br2NO. The van der Waals surface area contributed by atoms with Gasteiger partial charge in [0.15, 0.2) is 0 Å². The first-order chi connectivity index (χ1) is 6.63. The normalized spacial score (nSPS) is 9.64. The van der Waals surface area contributed by atoms with Crippen LogP contribution in [0.5, 0.6) is 5.75 Å². The Morgan fingerprint density at radius 2 is 2.29 bits per heavy atom. The molecule has 0 aliphatic carbocycles. The van der Waals surface area contributed by atoms with Gasteiger partial charge in [0.25, 0.3) is 0 Å². The molecule has 1 aromatic rings. The van der Waals surface area contributed by atoms with Crippen LogP contribution < -0.4 is 10.1 Å². The van der Waals surface area contributed by atoms with Crippen molar-refractivity contribution >= 4 is 37.5 Å². The highest BCUT2D eigenvalue weighted by atomic mass is 79.9. The predicted octanol–water partition coefficient (Wildman–Crippen LogP) is 3.78. The lowest BCUT2D eigenvalue weighted by molar-refractivity contribution is 0.415. The SMILES string of the molecule is C=C(Br)CNc1cc(OC)ccc1Br. The standard InChI is InChI=1S/C10H11Br2NO/c1-7(11)6-13-10-5-8(14-2)3-4-9(10)12/h3-5,13H,1,6H2,2H3. The van der Waals surface area contributed by atoms with Crippen molar-refractivity contribution in [3.05, 3.63) is 33.7 Å². The number of anilines is 1. The largest absolute Gasteiger partial charge is 0.497 e. The van der Waals surface area contributed by atoms with Crippen molar-refractivity contribution in [2.75, 3.05) is 19.0 Å². The Morgan fingerprint density at radius 3 is 2.86 bits per heavy atom. The second kappa shape index (κ2) is 5.41. The van der Waals surface area contributed by atoms with E-state index in [0.717, 1.165) is 20.4 Å². The molecule has 0 radical (unpaired) electrons. The Kier molecular flexibility index (Phi) is 4.48. The maximum absolute atomic E-state index is 5.12. The third-order valence-electron chi connectivity index (χ3n) is 1.64. The quantitative estimate of drug-likeness (QED) is 0.911. The topological polar surface area (TPSA) is 21.3 Å². The van der Waals surface area contributed by atoms with Gasteiger partial charge in [0.05, 0.1) is 12.8 Å². The molecule has 0 fully saturated rings. The van der Waals surface area contributed by atoms with Crippen LogP contribution in [0.25, 0.3) is 0 Å². The van der Waals surface area contributed by atoms with Crippen LogP contribution in [0.15, 0.2) is 33.7 Å². The minimum atomic E-state index is 0.686. The summed E-state index contributed by atoms with van der Waals surface area (Å²) < 4.78 is 7.04. The summed E-state index contributed by atoms with van der Waals surface area (Å²) in [5.74, 6) is 0.830. The fourth-order valence-electron chi connectivity index (χ4n) is 0.958. The Bertz CT molecular complexity index is 339. The van der Waals surface area contributed by atoms with Crippen LogP contribution in [-0.4, -0.2) is 13.7 Å². The highest BCUT2D eigenvalue weighted by Crippen LogP contribution is 2.27. The van der Waals surface area contributed by atoms with Gasteiger partial charge in [-0.25, -0.2) is 0 Å². The number of hydrogen-bond acceptors (Lipinski definition) is 2. The van der Waals surface area contributed by atoms with E-state index in [1.54, 1.807) is 7.11 Å². The fraction of sp³-hybridized carbons (Fsp3) is 0.200. The summed E-state index contributed by atoms with van der Waals surface area (Å²) in [4.78, 5) is 0. The highest BCUT2D eigenvalue weighted by Gasteiger charge is 2.01. The molecule has 14 heavy (non-hydrogen) atoms. The molecule has 1 rings (SSSR count). The lowest BCUT2D eigenvalue weighted by Crippen LogP contribution is -2.01. The predicted molar refractivity (Wildman–Crippen MR) is 67.3 cm³/mol. The van der Waals surface area contributed by atoms with E-state index in [2.05, 4.69) is 43.8 Å². The molecule has 76 valence electrons. The Labute approximate surface area is 101 Å². The molecule has 0 aliphatic heterocycles. The molecule has 4 heteroatoms. The molecule has 0 unspecified atom stereocenters. The molecule has 1 N–H and O–H groups in total. The number of ether oxygens (including phenoxy) is 1. The average molecular weight is 321 g/mol. The molecule has 0 atom stereocenters. The van der Waals surface area contributed by atoms with Crippen LogP contribution in [0.1, 0.15) is 0 Å². The van der Waals surface area contributed by atoms with E-state index in [4.69, 9.17) is 4.74 Å². The number of rotatable bonds is 4. The average Bonchev–Trinajstić information content (AvgIpc) is 2.16. The first-order valence-corrected chi connectivity index (χ1v) is 5.63. The molecule has 0 saturated heterocycles. The van der Waals surface area contributed by atoms with E-state index < -0.39 is 0 Å². The monoisotopic (exact) mass is 319 g/mol. The van der Waals surface area contributed by atoms with Gasteiger partial charge in [-0.15, -0.1) is 0 Å². The van der Waals surface area contributed by atoms with Gasteiger partial charge in [-0.05, 0) is 28.1 Å². The number of methoxy groups -OCH3 is 1. The summed E-state index contributed by atoms with van der Waals surface area (Å²) >= 11 is 6.74. The maximum Gasteiger partial charge on any atom is 0.121 e. The van der Waals surface area contributed by atoms with Crippen LogP contribution in [0, 0.1) is 0 Å². The van der Waals surface area contributed by atoms with Gasteiger partial charge < -0.3 is 10.1 Å². The summed E-state index contributed by atoms with van der Waals surface area (Å²) in [6.07, 6.45) is 0.